The van der Waals surface area contributed by atoms with Gasteiger partial charge in [-0.15, -0.1) is 0 Å². The van der Waals surface area contributed by atoms with Crippen LogP contribution in [-0.4, -0.2) is 51.9 Å². The highest BCUT2D eigenvalue weighted by atomic mass is 16.5. The number of hydrogen-bond donors (Lipinski definition) is 1. The number of benzene rings is 2. The summed E-state index contributed by atoms with van der Waals surface area (Å²) in [6.45, 7) is 6.11. The molecule has 4 rings (SSSR count). The summed E-state index contributed by atoms with van der Waals surface area (Å²) >= 11 is 0. The molecule has 1 aliphatic heterocycles. The van der Waals surface area contributed by atoms with Gasteiger partial charge in [-0.1, -0.05) is 26.0 Å². The lowest BCUT2D eigenvalue weighted by Gasteiger charge is -2.22. The molecule has 1 atom stereocenters. The predicted octanol–water partition coefficient (Wildman–Crippen LogP) is 4.73. The molecule has 1 aliphatic rings. The van der Waals surface area contributed by atoms with Crippen LogP contribution in [0.5, 0.6) is 11.5 Å². The molecule has 0 saturated carbocycles. The van der Waals surface area contributed by atoms with Crippen molar-refractivity contribution < 1.29 is 19.0 Å². The highest BCUT2D eigenvalue weighted by molar-refractivity contribution is 5.96. The van der Waals surface area contributed by atoms with Crippen LogP contribution in [0.4, 0.5) is 11.4 Å². The number of methoxy groups -OCH3 is 2. The second kappa shape index (κ2) is 11.9. The molecule has 0 amide bonds. The van der Waals surface area contributed by atoms with Crippen molar-refractivity contribution in [3.8, 4) is 17.6 Å². The van der Waals surface area contributed by atoms with Crippen LogP contribution in [0.1, 0.15) is 37.3 Å². The van der Waals surface area contributed by atoms with Crippen molar-refractivity contribution in [3.05, 3.63) is 53.7 Å². The lowest BCUT2D eigenvalue weighted by Crippen LogP contribution is -2.23. The molecule has 2 aromatic carbocycles. The largest absolute Gasteiger partial charge is 0.493 e. The molecule has 0 bridgehead atoms. The van der Waals surface area contributed by atoms with Gasteiger partial charge in [0.25, 0.3) is 6.47 Å². The number of nitrogens with zero attached hydrogens (tertiary/aromatic N) is 3. The Morgan fingerprint density at radius 1 is 1.17 bits per heavy atom. The average Bonchev–Trinajstić information content (AvgIpc) is 3.35. The van der Waals surface area contributed by atoms with Gasteiger partial charge in [-0.05, 0) is 29.7 Å². The number of aromatic nitrogens is 1. The van der Waals surface area contributed by atoms with Crippen LogP contribution < -0.4 is 19.7 Å². The Bertz CT molecular complexity index is 1190. The van der Waals surface area contributed by atoms with Gasteiger partial charge < -0.3 is 24.4 Å². The van der Waals surface area contributed by atoms with Crippen LogP contribution in [0.15, 0.2) is 42.6 Å². The third kappa shape index (κ3) is 5.93. The minimum Gasteiger partial charge on any atom is -0.493 e. The van der Waals surface area contributed by atoms with Gasteiger partial charge in [-0.2, -0.15) is 5.26 Å². The van der Waals surface area contributed by atoms with Gasteiger partial charge in [-0.3, -0.25) is 9.78 Å². The summed E-state index contributed by atoms with van der Waals surface area (Å²) in [7, 11) is 5.06. The summed E-state index contributed by atoms with van der Waals surface area (Å²) in [4.78, 5) is 17.0. The fraction of sp³-hybridized carbons (Fsp3) is 0.370. The molecule has 1 aromatic heterocycles. The van der Waals surface area contributed by atoms with Gasteiger partial charge in [0, 0.05) is 43.4 Å². The maximum absolute atomic E-state index is 10.6. The number of carbonyl (C=O) groups excluding carboxylic acids is 1. The quantitative estimate of drug-likeness (QED) is 0.489. The standard InChI is InChI=1S/C17H17N3O4.C10H15N/c1-22-15-5-13-14(6-16(15)23-2)19-8-11(7-18)17(13)20-4-3-12(9-20)24-10-21;1-8(2)9-4-6-10(11-3)7-5-9/h5-6,8,10,12H,3-4,9H2,1-2H3;4-8,11H,1-3H3. The zero-order valence-electron chi connectivity index (χ0n) is 20.9. The molecule has 8 nitrogen and oxygen atoms in total. The number of nitrogens with one attached hydrogen (secondary N) is 1. The second-order valence-electron chi connectivity index (χ2n) is 8.47. The highest BCUT2D eigenvalue weighted by Crippen LogP contribution is 2.38. The smallest absolute Gasteiger partial charge is 0.293 e. The Morgan fingerprint density at radius 3 is 2.43 bits per heavy atom. The van der Waals surface area contributed by atoms with Crippen LogP contribution in [0, 0.1) is 11.3 Å². The number of fused-ring (bicyclic) bond motifs is 1. The first kappa shape index (κ1) is 25.6. The zero-order chi connectivity index (χ0) is 25.4. The first-order valence-electron chi connectivity index (χ1n) is 11.5. The van der Waals surface area contributed by atoms with Crippen LogP contribution in [-0.2, 0) is 9.53 Å². The van der Waals surface area contributed by atoms with E-state index in [0.717, 1.165) is 17.5 Å². The van der Waals surface area contributed by atoms with Crippen LogP contribution in [0.25, 0.3) is 10.9 Å². The van der Waals surface area contributed by atoms with E-state index in [1.54, 1.807) is 26.5 Å². The van der Waals surface area contributed by atoms with Crippen molar-refractivity contribution in [1.82, 2.24) is 4.98 Å². The molecular weight excluding hydrogens is 444 g/mol. The zero-order valence-corrected chi connectivity index (χ0v) is 20.9. The molecule has 35 heavy (non-hydrogen) atoms. The highest BCUT2D eigenvalue weighted by Gasteiger charge is 2.27. The lowest BCUT2D eigenvalue weighted by atomic mass is 10.0. The number of nitriles is 1. The third-order valence-corrected chi connectivity index (χ3v) is 6.04. The molecule has 8 heteroatoms. The Morgan fingerprint density at radius 2 is 1.86 bits per heavy atom. The van der Waals surface area contributed by atoms with Gasteiger partial charge in [0.2, 0.25) is 0 Å². The molecule has 0 spiro atoms. The third-order valence-electron chi connectivity index (χ3n) is 6.04. The van der Waals surface area contributed by atoms with E-state index in [-0.39, 0.29) is 6.10 Å². The molecule has 1 N–H and O–H groups in total. The number of carbonyl (C=O) groups is 1. The van der Waals surface area contributed by atoms with E-state index in [1.807, 2.05) is 18.0 Å². The first-order chi connectivity index (χ1) is 16.9. The van der Waals surface area contributed by atoms with E-state index < -0.39 is 0 Å². The van der Waals surface area contributed by atoms with Crippen molar-refractivity contribution in [3.63, 3.8) is 0 Å². The van der Waals surface area contributed by atoms with Gasteiger partial charge in [-0.25, -0.2) is 0 Å². The molecule has 184 valence electrons. The number of anilines is 2. The number of rotatable bonds is 7. The van der Waals surface area contributed by atoms with Crippen molar-refractivity contribution in [2.75, 3.05) is 44.6 Å². The van der Waals surface area contributed by atoms with E-state index in [4.69, 9.17) is 14.2 Å². The Kier molecular flexibility index (Phi) is 8.74. The summed E-state index contributed by atoms with van der Waals surface area (Å²) < 4.78 is 15.7. The van der Waals surface area contributed by atoms with E-state index in [9.17, 15) is 10.1 Å². The molecule has 2 heterocycles. The summed E-state index contributed by atoms with van der Waals surface area (Å²) in [5.41, 5.74) is 4.53. The summed E-state index contributed by atoms with van der Waals surface area (Å²) in [6, 6.07) is 14.3. The minimum absolute atomic E-state index is 0.169. The Labute approximate surface area is 206 Å². The van der Waals surface area contributed by atoms with Crippen molar-refractivity contribution >= 4 is 28.7 Å². The van der Waals surface area contributed by atoms with Crippen molar-refractivity contribution in [2.45, 2.75) is 32.3 Å². The van der Waals surface area contributed by atoms with Crippen molar-refractivity contribution in [2.24, 2.45) is 0 Å². The van der Waals surface area contributed by atoms with Gasteiger partial charge >= 0.3 is 0 Å². The Hall–Kier alpha value is -3.99. The predicted molar refractivity (Wildman–Crippen MR) is 137 cm³/mol. The number of pyridine rings is 1. The van der Waals surface area contributed by atoms with Gasteiger partial charge in [0.15, 0.2) is 11.5 Å². The van der Waals surface area contributed by atoms with E-state index in [1.165, 1.54) is 11.3 Å². The number of hydrogen-bond acceptors (Lipinski definition) is 8. The van der Waals surface area contributed by atoms with E-state index >= 15 is 0 Å². The molecule has 1 fully saturated rings. The molecule has 1 unspecified atom stereocenters. The average molecular weight is 477 g/mol. The maximum atomic E-state index is 10.6. The fourth-order valence-corrected chi connectivity index (χ4v) is 4.08. The minimum atomic E-state index is -0.169. The molecule has 1 saturated heterocycles. The molecular formula is C27H32N4O4. The first-order valence-corrected chi connectivity index (χ1v) is 11.5. The van der Waals surface area contributed by atoms with Crippen molar-refractivity contribution in [1.29, 1.82) is 5.26 Å². The topological polar surface area (TPSA) is 96.7 Å². The summed E-state index contributed by atoms with van der Waals surface area (Å²) in [5.74, 6) is 1.78. The Balaban J connectivity index is 0.000000261. The van der Waals surface area contributed by atoms with Crippen LogP contribution in [0.3, 0.4) is 0 Å². The SMILES string of the molecule is CNc1ccc(C(C)C)cc1.COc1cc2ncc(C#N)c(N3CCC(OC=O)C3)c2cc1OC. The van der Waals surface area contributed by atoms with E-state index in [0.29, 0.717) is 48.1 Å². The second-order valence-corrected chi connectivity index (χ2v) is 8.47. The summed E-state index contributed by atoms with van der Waals surface area (Å²) in [6.07, 6.45) is 2.11. The maximum Gasteiger partial charge on any atom is 0.293 e. The molecule has 0 aliphatic carbocycles. The van der Waals surface area contributed by atoms with Gasteiger partial charge in [0.05, 0.1) is 37.5 Å². The monoisotopic (exact) mass is 476 g/mol. The van der Waals surface area contributed by atoms with Gasteiger partial charge in [0.1, 0.15) is 12.2 Å². The van der Waals surface area contributed by atoms with E-state index in [2.05, 4.69) is 54.5 Å². The normalized spacial score (nSPS) is 14.7. The van der Waals surface area contributed by atoms with Crippen LogP contribution >= 0.6 is 0 Å². The summed E-state index contributed by atoms with van der Waals surface area (Å²) in [5, 5.41) is 13.4. The number of ether oxygens (including phenoxy) is 3. The lowest BCUT2D eigenvalue weighted by molar-refractivity contribution is -0.132. The fourth-order valence-electron chi connectivity index (χ4n) is 4.08. The molecule has 0 radical (unpaired) electrons. The van der Waals surface area contributed by atoms with Crippen LogP contribution in [0.2, 0.25) is 0 Å². The molecule has 3 aromatic rings.